The fourth-order valence-electron chi connectivity index (χ4n) is 5.28. The maximum atomic E-state index is 13.8. The minimum absolute atomic E-state index is 0.119. The number of nitrogens with zero attached hydrogens (tertiary/aromatic N) is 5. The van der Waals surface area contributed by atoms with Gasteiger partial charge in [-0.3, -0.25) is 19.2 Å². The van der Waals surface area contributed by atoms with Gasteiger partial charge in [-0.2, -0.15) is 0 Å². The van der Waals surface area contributed by atoms with E-state index in [9.17, 15) is 14.7 Å². The van der Waals surface area contributed by atoms with Gasteiger partial charge in [0.1, 0.15) is 11.9 Å². The van der Waals surface area contributed by atoms with Crippen LogP contribution in [-0.2, 0) is 16.6 Å². The summed E-state index contributed by atoms with van der Waals surface area (Å²) in [5.41, 5.74) is 4.54. The summed E-state index contributed by atoms with van der Waals surface area (Å²) in [4.78, 5) is 33.9. The number of ether oxygens (including phenoxy) is 1. The van der Waals surface area contributed by atoms with Crippen LogP contribution in [0.4, 0.5) is 11.5 Å². The SMILES string of the molecule is Cc1cc(N(C(=O)/C=C/CN(C)C)c2ccc3c(n2)c(O[C@H]2CC[C@H](C(=O)O)CC2)nn3C)c(C2CC2)cc1I. The maximum absolute atomic E-state index is 13.8. The molecule has 5 rings (SSSR count). The number of likely N-dealkylation sites (N-methyl/N-ethyl adjacent to an activating group) is 1. The van der Waals surface area contributed by atoms with Gasteiger partial charge in [0, 0.05) is 23.2 Å². The van der Waals surface area contributed by atoms with Crippen molar-refractivity contribution in [3.8, 4) is 5.88 Å². The van der Waals surface area contributed by atoms with E-state index in [-0.39, 0.29) is 17.9 Å². The predicted octanol–water partition coefficient (Wildman–Crippen LogP) is 5.56. The molecule has 3 aromatic rings. The largest absolute Gasteiger partial charge is 0.481 e. The molecule has 2 heterocycles. The summed E-state index contributed by atoms with van der Waals surface area (Å²) in [6.07, 6.45) is 8.08. The highest BCUT2D eigenvalue weighted by Crippen LogP contribution is 2.47. The third-order valence-electron chi connectivity index (χ3n) is 7.70. The number of hydrogen-bond donors (Lipinski definition) is 1. The van der Waals surface area contributed by atoms with Crippen molar-refractivity contribution in [2.75, 3.05) is 25.5 Å². The first kappa shape index (κ1) is 28.5. The molecule has 0 saturated heterocycles. The van der Waals surface area contributed by atoms with E-state index in [0.29, 0.717) is 55.4 Å². The van der Waals surface area contributed by atoms with Crippen LogP contribution in [0.1, 0.15) is 55.6 Å². The molecule has 2 aliphatic rings. The van der Waals surface area contributed by atoms with Crippen LogP contribution in [0.25, 0.3) is 11.0 Å². The molecule has 0 bridgehead atoms. The van der Waals surface area contributed by atoms with Gasteiger partial charge in [-0.1, -0.05) is 6.08 Å². The number of halogens is 1. The fourth-order valence-corrected chi connectivity index (χ4v) is 5.77. The van der Waals surface area contributed by atoms with Gasteiger partial charge in [0.2, 0.25) is 0 Å². The number of amides is 1. The van der Waals surface area contributed by atoms with Crippen molar-refractivity contribution in [1.82, 2.24) is 19.7 Å². The Hall–Kier alpha value is -2.99. The Morgan fingerprint density at radius 2 is 1.88 bits per heavy atom. The number of carboxylic acids is 1. The number of aliphatic carboxylic acids is 1. The van der Waals surface area contributed by atoms with Crippen molar-refractivity contribution >= 4 is 57.0 Å². The molecular formula is C30H36IN5O4. The molecule has 2 saturated carbocycles. The van der Waals surface area contributed by atoms with Crippen LogP contribution in [-0.4, -0.2) is 63.4 Å². The second-order valence-corrected chi connectivity index (χ2v) is 12.3. The summed E-state index contributed by atoms with van der Waals surface area (Å²) in [7, 11) is 5.78. The van der Waals surface area contributed by atoms with Crippen molar-refractivity contribution in [1.29, 1.82) is 0 Å². The third kappa shape index (κ3) is 6.17. The first-order valence-electron chi connectivity index (χ1n) is 13.8. The number of benzene rings is 1. The number of aromatic nitrogens is 3. The molecule has 0 unspecified atom stereocenters. The van der Waals surface area contributed by atoms with Crippen LogP contribution >= 0.6 is 22.6 Å². The highest BCUT2D eigenvalue weighted by Gasteiger charge is 2.32. The molecule has 9 nitrogen and oxygen atoms in total. The van der Waals surface area contributed by atoms with E-state index in [0.717, 1.165) is 29.6 Å². The van der Waals surface area contributed by atoms with Gasteiger partial charge in [0.05, 0.1) is 17.1 Å². The second kappa shape index (κ2) is 11.9. The van der Waals surface area contributed by atoms with E-state index in [2.05, 4.69) is 46.7 Å². The maximum Gasteiger partial charge on any atom is 0.306 e. The highest BCUT2D eigenvalue weighted by atomic mass is 127. The Bertz CT molecular complexity index is 1450. The van der Waals surface area contributed by atoms with Gasteiger partial charge < -0.3 is 14.7 Å². The molecule has 2 aliphatic carbocycles. The monoisotopic (exact) mass is 657 g/mol. The molecule has 10 heteroatoms. The van der Waals surface area contributed by atoms with Crippen LogP contribution in [0.5, 0.6) is 5.88 Å². The summed E-state index contributed by atoms with van der Waals surface area (Å²) >= 11 is 2.36. The average molecular weight is 658 g/mol. The molecule has 212 valence electrons. The molecule has 0 atom stereocenters. The van der Waals surface area contributed by atoms with E-state index >= 15 is 0 Å². The Kier molecular flexibility index (Phi) is 8.46. The summed E-state index contributed by atoms with van der Waals surface area (Å²) in [6.45, 7) is 2.72. The quantitative estimate of drug-likeness (QED) is 0.238. The lowest BCUT2D eigenvalue weighted by molar-refractivity contribution is -0.143. The topological polar surface area (TPSA) is 101 Å². The Labute approximate surface area is 248 Å². The van der Waals surface area contributed by atoms with Crippen LogP contribution in [0.2, 0.25) is 0 Å². The zero-order chi connectivity index (χ0) is 28.6. The standard InChI is InChI=1S/C30H36IN5O4/c1-18-16-25(22(17-23(18)31)19-7-8-19)36(27(37)6-5-15-34(2)3)26-14-13-24-28(32-26)29(33-35(24)4)40-21-11-9-20(10-12-21)30(38)39/h5-6,13-14,16-17,19-21H,7-12,15H2,1-4H3,(H,38,39)/b6-5+/t20-,21-. The lowest BCUT2D eigenvalue weighted by Gasteiger charge is -2.26. The van der Waals surface area contributed by atoms with E-state index in [1.54, 1.807) is 15.7 Å². The van der Waals surface area contributed by atoms with Gasteiger partial charge in [0.15, 0.2) is 5.52 Å². The number of carboxylic acid groups (broad SMARTS) is 1. The summed E-state index contributed by atoms with van der Waals surface area (Å²) in [5.74, 6) is 0.149. The van der Waals surface area contributed by atoms with E-state index in [4.69, 9.17) is 9.72 Å². The number of rotatable bonds is 9. The zero-order valence-electron chi connectivity index (χ0n) is 23.4. The molecular weight excluding hydrogens is 621 g/mol. The van der Waals surface area contributed by atoms with Crippen molar-refractivity contribution < 1.29 is 19.4 Å². The molecule has 1 amide bonds. The minimum Gasteiger partial charge on any atom is -0.481 e. The Morgan fingerprint density at radius 3 is 2.52 bits per heavy atom. The second-order valence-electron chi connectivity index (χ2n) is 11.2. The zero-order valence-corrected chi connectivity index (χ0v) is 25.6. The summed E-state index contributed by atoms with van der Waals surface area (Å²) < 4.78 is 9.22. The van der Waals surface area contributed by atoms with Crippen molar-refractivity contribution in [2.24, 2.45) is 13.0 Å². The fraction of sp³-hybridized carbons (Fsp3) is 0.467. The van der Waals surface area contributed by atoms with E-state index in [1.165, 1.54) is 9.13 Å². The summed E-state index contributed by atoms with van der Waals surface area (Å²) in [6, 6.07) is 8.10. The van der Waals surface area contributed by atoms with Gasteiger partial charge >= 0.3 is 5.97 Å². The normalized spacial score (nSPS) is 19.4. The van der Waals surface area contributed by atoms with Crippen molar-refractivity contribution in [3.05, 3.63) is 51.1 Å². The molecule has 1 N–H and O–H groups in total. The predicted molar refractivity (Wildman–Crippen MR) is 163 cm³/mol. The number of fused-ring (bicyclic) bond motifs is 1. The molecule has 0 radical (unpaired) electrons. The number of aryl methyl sites for hydroxylation is 2. The minimum atomic E-state index is -0.742. The lowest BCUT2D eigenvalue weighted by Crippen LogP contribution is -2.28. The van der Waals surface area contributed by atoms with E-state index in [1.807, 2.05) is 44.3 Å². The third-order valence-corrected chi connectivity index (χ3v) is 8.86. The number of hydrogen-bond acceptors (Lipinski definition) is 6. The van der Waals surface area contributed by atoms with Crippen LogP contribution in [0.3, 0.4) is 0 Å². The smallest absolute Gasteiger partial charge is 0.306 e. The number of carbonyl (C=O) groups excluding carboxylic acids is 1. The number of pyridine rings is 1. The Balaban J connectivity index is 1.54. The first-order chi connectivity index (χ1) is 19.1. The number of carbonyl (C=O) groups is 2. The lowest BCUT2D eigenvalue weighted by atomic mass is 9.87. The van der Waals surface area contributed by atoms with Crippen LogP contribution < -0.4 is 9.64 Å². The highest BCUT2D eigenvalue weighted by molar-refractivity contribution is 14.1. The summed E-state index contributed by atoms with van der Waals surface area (Å²) in [5, 5.41) is 13.9. The first-order valence-corrected chi connectivity index (χ1v) is 14.9. The van der Waals surface area contributed by atoms with Gasteiger partial charge in [0.25, 0.3) is 11.8 Å². The molecule has 2 aromatic heterocycles. The van der Waals surface area contributed by atoms with Gasteiger partial charge in [-0.25, -0.2) is 4.98 Å². The van der Waals surface area contributed by atoms with E-state index < -0.39 is 5.97 Å². The molecule has 1 aromatic carbocycles. The van der Waals surface area contributed by atoms with Crippen LogP contribution in [0, 0.1) is 16.4 Å². The average Bonchev–Trinajstić information content (AvgIpc) is 3.71. The van der Waals surface area contributed by atoms with Crippen LogP contribution in [0.15, 0.2) is 36.4 Å². The molecule has 2 fully saturated rings. The van der Waals surface area contributed by atoms with Gasteiger partial charge in [-0.15, -0.1) is 5.10 Å². The molecule has 0 spiro atoms. The van der Waals surface area contributed by atoms with Gasteiger partial charge in [-0.05, 0) is 123 Å². The van der Waals surface area contributed by atoms with Crippen molar-refractivity contribution in [2.45, 2.75) is 57.5 Å². The van der Waals surface area contributed by atoms with Crippen molar-refractivity contribution in [3.63, 3.8) is 0 Å². The number of anilines is 2. The Morgan fingerprint density at radius 1 is 1.15 bits per heavy atom. The molecule has 40 heavy (non-hydrogen) atoms. The molecule has 0 aliphatic heterocycles.